The minimum Gasteiger partial charge on any atom is -0.872 e. The molecule has 0 amide bonds. The molecule has 4 aromatic carbocycles. The molecule has 29 heavy (non-hydrogen) atoms. The van der Waals surface area contributed by atoms with Crippen LogP contribution in [0.4, 0.5) is 0 Å². The van der Waals surface area contributed by atoms with Gasteiger partial charge in [-0.1, -0.05) is 30.0 Å². The van der Waals surface area contributed by atoms with Crippen LogP contribution < -0.4 is 5.11 Å². The van der Waals surface area contributed by atoms with Gasteiger partial charge in [0.1, 0.15) is 14.7 Å². The van der Waals surface area contributed by atoms with E-state index >= 15 is 0 Å². The highest BCUT2D eigenvalue weighted by atomic mass is 32.2. The van der Waals surface area contributed by atoms with Crippen LogP contribution in [0.3, 0.4) is 0 Å². The molecule has 4 rings (SSSR count). The molecule has 0 aliphatic heterocycles. The van der Waals surface area contributed by atoms with Gasteiger partial charge in [-0.2, -0.15) is 25.3 Å². The monoisotopic (exact) mass is 457 g/mol. The van der Waals surface area contributed by atoms with Crippen molar-refractivity contribution in [3.63, 3.8) is 0 Å². The Bertz CT molecular complexity index is 1620. The zero-order valence-electron chi connectivity index (χ0n) is 13.9. The highest BCUT2D eigenvalue weighted by Crippen LogP contribution is 2.44. The van der Waals surface area contributed by atoms with Gasteiger partial charge in [0, 0.05) is 21.5 Å². The van der Waals surface area contributed by atoms with Crippen molar-refractivity contribution in [2.75, 3.05) is 0 Å². The molecule has 0 saturated carbocycles. The minimum absolute atomic E-state index is 0.0840. The van der Waals surface area contributed by atoms with Gasteiger partial charge >= 0.3 is 0 Å². The molecule has 0 aromatic heterocycles. The lowest BCUT2D eigenvalue weighted by atomic mass is 9.94. The third kappa shape index (κ3) is 2.90. The fourth-order valence-corrected chi connectivity index (χ4v) is 5.71. The normalized spacial score (nSPS) is 13.6. The van der Waals surface area contributed by atoms with Crippen molar-refractivity contribution in [3.8, 4) is 5.75 Å². The second-order valence-electron chi connectivity index (χ2n) is 6.24. The van der Waals surface area contributed by atoms with Gasteiger partial charge in [-0.05, 0) is 22.9 Å². The summed E-state index contributed by atoms with van der Waals surface area (Å²) in [5.74, 6) is -0.829. The standard InChI is InChI=1S/C16H10O10S3/c17-11-5-12(27(18,19)20)8-3-4-10-14(29(24,25)26)6-13(28(21,22)23)9-2-1-7(11)15(8)16(9)10/h1-6,17H,(H,18,19,20)(H,21,22,23)(H,24,25,26)/p-1. The Labute approximate surface area is 163 Å². The summed E-state index contributed by atoms with van der Waals surface area (Å²) in [4.78, 5) is -2.48. The first kappa shape index (κ1) is 19.8. The van der Waals surface area contributed by atoms with Gasteiger partial charge in [-0.15, -0.1) is 0 Å². The summed E-state index contributed by atoms with van der Waals surface area (Å²) in [5.41, 5.74) is 0. The Morgan fingerprint density at radius 2 is 0.862 bits per heavy atom. The Balaban J connectivity index is 2.47. The van der Waals surface area contributed by atoms with E-state index in [4.69, 9.17) is 0 Å². The van der Waals surface area contributed by atoms with Crippen molar-refractivity contribution in [3.05, 3.63) is 36.4 Å². The molecule has 0 atom stereocenters. The molecule has 0 aliphatic carbocycles. The van der Waals surface area contributed by atoms with Gasteiger partial charge < -0.3 is 5.11 Å². The maximum atomic E-state index is 12.4. The summed E-state index contributed by atoms with van der Waals surface area (Å²) >= 11 is 0. The largest absolute Gasteiger partial charge is 0.872 e. The van der Waals surface area contributed by atoms with Crippen LogP contribution in [0.25, 0.3) is 32.3 Å². The Kier molecular flexibility index (Phi) is 3.91. The molecule has 0 unspecified atom stereocenters. The van der Waals surface area contributed by atoms with Gasteiger partial charge in [0.05, 0.1) is 0 Å². The van der Waals surface area contributed by atoms with E-state index in [1.54, 1.807) is 0 Å². The quantitative estimate of drug-likeness (QED) is 0.300. The minimum atomic E-state index is -4.98. The predicted octanol–water partition coefficient (Wildman–Crippen LogP) is 1.40. The van der Waals surface area contributed by atoms with E-state index in [0.717, 1.165) is 18.2 Å². The van der Waals surface area contributed by atoms with Crippen molar-refractivity contribution in [2.24, 2.45) is 0 Å². The average molecular weight is 457 g/mol. The first-order valence-corrected chi connectivity index (χ1v) is 11.9. The van der Waals surface area contributed by atoms with Crippen molar-refractivity contribution in [1.82, 2.24) is 0 Å². The smallest absolute Gasteiger partial charge is 0.295 e. The summed E-state index contributed by atoms with van der Waals surface area (Å²) in [6.07, 6.45) is 0. The van der Waals surface area contributed by atoms with E-state index in [1.807, 2.05) is 0 Å². The molecule has 0 aliphatic rings. The number of hydrogen-bond donors (Lipinski definition) is 3. The van der Waals surface area contributed by atoms with Gasteiger partial charge in [-0.3, -0.25) is 13.7 Å². The fraction of sp³-hybridized carbons (Fsp3) is 0. The van der Waals surface area contributed by atoms with Crippen LogP contribution in [0.1, 0.15) is 0 Å². The first-order chi connectivity index (χ1) is 13.2. The third-order valence-electron chi connectivity index (χ3n) is 4.58. The van der Waals surface area contributed by atoms with Gasteiger partial charge in [0.15, 0.2) is 0 Å². The summed E-state index contributed by atoms with van der Waals surface area (Å²) < 4.78 is 99.4. The fourth-order valence-electron chi connectivity index (χ4n) is 3.51. The molecule has 0 heterocycles. The molecule has 0 spiro atoms. The zero-order valence-corrected chi connectivity index (χ0v) is 16.3. The lowest BCUT2D eigenvalue weighted by molar-refractivity contribution is -0.266. The molecular weight excluding hydrogens is 448 g/mol. The number of benzene rings is 4. The van der Waals surface area contributed by atoms with E-state index in [-0.39, 0.29) is 32.3 Å². The SMILES string of the molecule is O=S(=O)(O)c1cc([O-])c2ccc3c(S(=O)(=O)O)cc(S(=O)(=O)O)c4ccc1c2c34. The maximum absolute atomic E-state index is 12.4. The Morgan fingerprint density at radius 3 is 1.24 bits per heavy atom. The lowest BCUT2D eigenvalue weighted by Crippen LogP contribution is -2.07. The molecule has 0 bridgehead atoms. The molecule has 0 fully saturated rings. The van der Waals surface area contributed by atoms with Crippen LogP contribution >= 0.6 is 0 Å². The Hall–Kier alpha value is -2.55. The van der Waals surface area contributed by atoms with Gasteiger partial charge in [0.25, 0.3) is 30.4 Å². The summed E-state index contributed by atoms with van der Waals surface area (Å²) in [5, 5.41) is 11.4. The third-order valence-corrected chi connectivity index (χ3v) is 7.26. The molecule has 0 radical (unpaired) electrons. The molecule has 10 nitrogen and oxygen atoms in total. The lowest BCUT2D eigenvalue weighted by Gasteiger charge is -2.20. The van der Waals surface area contributed by atoms with Crippen LogP contribution in [-0.2, 0) is 30.4 Å². The molecule has 13 heteroatoms. The molecule has 152 valence electrons. The molecule has 4 aromatic rings. The van der Waals surface area contributed by atoms with E-state index in [9.17, 15) is 44.0 Å². The van der Waals surface area contributed by atoms with Crippen LogP contribution in [0.2, 0.25) is 0 Å². The summed E-state index contributed by atoms with van der Waals surface area (Å²) in [6, 6.07) is 5.80. The van der Waals surface area contributed by atoms with Crippen LogP contribution in [0.5, 0.6) is 5.75 Å². The second-order valence-corrected chi connectivity index (χ2v) is 10.4. The number of hydrogen-bond acceptors (Lipinski definition) is 7. The first-order valence-electron chi connectivity index (χ1n) is 7.59. The van der Waals surface area contributed by atoms with Crippen LogP contribution in [-0.4, -0.2) is 38.9 Å². The maximum Gasteiger partial charge on any atom is 0.295 e. The summed E-state index contributed by atoms with van der Waals surface area (Å²) in [7, 11) is -14.8. The number of rotatable bonds is 3. The van der Waals surface area contributed by atoms with E-state index in [0.29, 0.717) is 12.1 Å². The van der Waals surface area contributed by atoms with Crippen molar-refractivity contribution in [1.29, 1.82) is 0 Å². The van der Waals surface area contributed by atoms with Gasteiger partial charge in [0.2, 0.25) is 0 Å². The van der Waals surface area contributed by atoms with Crippen molar-refractivity contribution < 1.29 is 44.0 Å². The molecular formula is C16H9O10S3-. The Morgan fingerprint density at radius 1 is 0.552 bits per heavy atom. The van der Waals surface area contributed by atoms with E-state index in [2.05, 4.69) is 0 Å². The van der Waals surface area contributed by atoms with Gasteiger partial charge in [-0.25, -0.2) is 0 Å². The van der Waals surface area contributed by atoms with E-state index < -0.39 is 50.8 Å². The summed E-state index contributed by atoms with van der Waals surface area (Å²) in [6.45, 7) is 0. The van der Waals surface area contributed by atoms with Crippen LogP contribution in [0.15, 0.2) is 51.1 Å². The van der Waals surface area contributed by atoms with Crippen LogP contribution in [0, 0.1) is 0 Å². The second kappa shape index (κ2) is 5.75. The molecule has 0 saturated heterocycles. The highest BCUT2D eigenvalue weighted by Gasteiger charge is 2.27. The zero-order chi connectivity index (χ0) is 21.5. The predicted molar refractivity (Wildman–Crippen MR) is 99.0 cm³/mol. The average Bonchev–Trinajstić information content (AvgIpc) is 2.57. The van der Waals surface area contributed by atoms with Crippen molar-refractivity contribution >= 4 is 62.7 Å². The van der Waals surface area contributed by atoms with E-state index in [1.165, 1.54) is 6.07 Å². The molecule has 3 N–H and O–H groups in total. The topological polar surface area (TPSA) is 186 Å². The van der Waals surface area contributed by atoms with Crippen molar-refractivity contribution in [2.45, 2.75) is 14.7 Å². The highest BCUT2D eigenvalue weighted by molar-refractivity contribution is 7.87.